The smallest absolute Gasteiger partial charge is 0.326 e. The van der Waals surface area contributed by atoms with E-state index >= 15 is 0 Å². The molecule has 1 N–H and O–H groups in total. The van der Waals surface area contributed by atoms with Crippen molar-refractivity contribution < 1.29 is 23.5 Å². The van der Waals surface area contributed by atoms with E-state index in [1.54, 1.807) is 0 Å². The largest absolute Gasteiger partial charge is 0.480 e. The third kappa shape index (κ3) is 3.77. The van der Waals surface area contributed by atoms with E-state index in [0.29, 0.717) is 18.5 Å². The molecule has 1 heterocycles. The van der Waals surface area contributed by atoms with Crippen LogP contribution in [0, 0.1) is 11.6 Å². The highest BCUT2D eigenvalue weighted by molar-refractivity contribution is 5.84. The van der Waals surface area contributed by atoms with Crippen molar-refractivity contribution in [1.82, 2.24) is 4.90 Å². The van der Waals surface area contributed by atoms with Crippen LogP contribution in [-0.4, -0.2) is 34.5 Å². The van der Waals surface area contributed by atoms with Gasteiger partial charge < -0.3 is 10.0 Å². The summed E-state index contributed by atoms with van der Waals surface area (Å²) in [6.07, 6.45) is 2.41. The number of carboxylic acids is 1. The van der Waals surface area contributed by atoms with E-state index in [1.807, 2.05) is 0 Å². The molecule has 1 aliphatic rings. The molecule has 0 aromatic heterocycles. The Kier molecular flexibility index (Phi) is 4.88. The predicted octanol–water partition coefficient (Wildman–Crippen LogP) is 2.36. The quantitative estimate of drug-likeness (QED) is 0.928. The van der Waals surface area contributed by atoms with Gasteiger partial charge >= 0.3 is 5.97 Å². The fourth-order valence-corrected chi connectivity index (χ4v) is 2.58. The first-order chi connectivity index (χ1) is 9.99. The van der Waals surface area contributed by atoms with Crippen molar-refractivity contribution in [3.8, 4) is 0 Å². The summed E-state index contributed by atoms with van der Waals surface area (Å²) >= 11 is 0. The molecule has 0 spiro atoms. The van der Waals surface area contributed by atoms with Crippen molar-refractivity contribution in [2.45, 2.75) is 38.1 Å². The highest BCUT2D eigenvalue weighted by Gasteiger charge is 2.31. The van der Waals surface area contributed by atoms with E-state index in [1.165, 1.54) is 11.0 Å². The van der Waals surface area contributed by atoms with Crippen molar-refractivity contribution in [2.75, 3.05) is 6.54 Å². The lowest BCUT2D eigenvalue weighted by molar-refractivity contribution is -0.152. The average molecular weight is 297 g/mol. The SMILES string of the molecule is O=C(O)[C@H]1CCCCN1C(=O)CCc1ccc(F)c(F)c1. The molecule has 1 amide bonds. The van der Waals surface area contributed by atoms with Crippen molar-refractivity contribution in [1.29, 1.82) is 0 Å². The summed E-state index contributed by atoms with van der Waals surface area (Å²) in [5, 5.41) is 9.12. The Labute approximate surface area is 121 Å². The van der Waals surface area contributed by atoms with Crippen LogP contribution in [0.15, 0.2) is 18.2 Å². The number of nitrogens with zero attached hydrogens (tertiary/aromatic N) is 1. The van der Waals surface area contributed by atoms with Gasteiger partial charge in [-0.25, -0.2) is 13.6 Å². The standard InChI is InChI=1S/C15H17F2NO3/c16-11-6-4-10(9-12(11)17)5-7-14(19)18-8-2-1-3-13(18)15(20)21/h4,6,9,13H,1-3,5,7-8H2,(H,20,21)/t13-/m1/s1. The summed E-state index contributed by atoms with van der Waals surface area (Å²) in [6, 6.07) is 2.75. The number of benzene rings is 1. The van der Waals surface area contributed by atoms with E-state index in [-0.39, 0.29) is 18.7 Å². The predicted molar refractivity (Wildman–Crippen MR) is 71.7 cm³/mol. The lowest BCUT2D eigenvalue weighted by Gasteiger charge is -2.33. The number of hydrogen-bond donors (Lipinski definition) is 1. The van der Waals surface area contributed by atoms with Gasteiger partial charge in [-0.3, -0.25) is 4.79 Å². The molecule has 1 fully saturated rings. The van der Waals surface area contributed by atoms with Crippen LogP contribution < -0.4 is 0 Å². The van der Waals surface area contributed by atoms with Gasteiger partial charge in [0.05, 0.1) is 0 Å². The van der Waals surface area contributed by atoms with Gasteiger partial charge in [-0.2, -0.15) is 0 Å². The molecule has 0 bridgehead atoms. The number of amides is 1. The van der Waals surface area contributed by atoms with E-state index in [4.69, 9.17) is 5.11 Å². The molecule has 1 aromatic carbocycles. The number of carbonyl (C=O) groups excluding carboxylic acids is 1. The van der Waals surface area contributed by atoms with Crippen LogP contribution in [-0.2, 0) is 16.0 Å². The lowest BCUT2D eigenvalue weighted by atomic mass is 10.0. The first-order valence-electron chi connectivity index (χ1n) is 6.95. The first-order valence-corrected chi connectivity index (χ1v) is 6.95. The summed E-state index contributed by atoms with van der Waals surface area (Å²) in [5.41, 5.74) is 0.520. The van der Waals surface area contributed by atoms with Gasteiger partial charge in [-0.15, -0.1) is 0 Å². The van der Waals surface area contributed by atoms with Gasteiger partial charge in [-0.05, 0) is 43.4 Å². The minimum absolute atomic E-state index is 0.0921. The van der Waals surface area contributed by atoms with Gasteiger partial charge in [-0.1, -0.05) is 6.07 Å². The zero-order valence-electron chi connectivity index (χ0n) is 11.5. The second-order valence-corrected chi connectivity index (χ2v) is 5.19. The van der Waals surface area contributed by atoms with Gasteiger partial charge in [0, 0.05) is 13.0 Å². The Morgan fingerprint density at radius 1 is 1.24 bits per heavy atom. The fraction of sp³-hybridized carbons (Fsp3) is 0.467. The van der Waals surface area contributed by atoms with Crippen LogP contribution in [0.1, 0.15) is 31.2 Å². The van der Waals surface area contributed by atoms with Gasteiger partial charge in [0.1, 0.15) is 6.04 Å². The topological polar surface area (TPSA) is 57.6 Å². The number of aliphatic carboxylic acids is 1. The number of aryl methyl sites for hydroxylation is 1. The van der Waals surface area contributed by atoms with E-state index < -0.39 is 23.6 Å². The van der Waals surface area contributed by atoms with Crippen molar-refractivity contribution in [3.63, 3.8) is 0 Å². The molecule has 4 nitrogen and oxygen atoms in total. The number of piperidine rings is 1. The molecule has 21 heavy (non-hydrogen) atoms. The van der Waals surface area contributed by atoms with Crippen LogP contribution in [0.5, 0.6) is 0 Å². The van der Waals surface area contributed by atoms with Crippen LogP contribution in [0.25, 0.3) is 0 Å². The minimum Gasteiger partial charge on any atom is -0.480 e. The fourth-order valence-electron chi connectivity index (χ4n) is 2.58. The van der Waals surface area contributed by atoms with Gasteiger partial charge in [0.2, 0.25) is 5.91 Å². The molecule has 1 aromatic rings. The second kappa shape index (κ2) is 6.65. The van der Waals surface area contributed by atoms with E-state index in [0.717, 1.165) is 25.0 Å². The highest BCUT2D eigenvalue weighted by atomic mass is 19.2. The Morgan fingerprint density at radius 2 is 2.00 bits per heavy atom. The molecule has 0 aliphatic carbocycles. The average Bonchev–Trinajstić information content (AvgIpc) is 2.48. The number of carbonyl (C=O) groups is 2. The Morgan fingerprint density at radius 3 is 2.67 bits per heavy atom. The summed E-state index contributed by atoms with van der Waals surface area (Å²) in [6.45, 7) is 0.438. The normalized spacial score (nSPS) is 18.6. The van der Waals surface area contributed by atoms with Crippen LogP contribution >= 0.6 is 0 Å². The molecule has 1 atom stereocenters. The number of halogens is 2. The Bertz CT molecular complexity index is 548. The molecule has 6 heteroatoms. The van der Waals surface area contributed by atoms with Gasteiger partial charge in [0.15, 0.2) is 11.6 Å². The maximum Gasteiger partial charge on any atom is 0.326 e. The number of rotatable bonds is 4. The van der Waals surface area contributed by atoms with Crippen molar-refractivity contribution in [2.24, 2.45) is 0 Å². The summed E-state index contributed by atoms with van der Waals surface area (Å²) < 4.78 is 25.9. The molecular formula is C15H17F2NO3. The molecule has 114 valence electrons. The van der Waals surface area contributed by atoms with Crippen molar-refractivity contribution >= 4 is 11.9 Å². The van der Waals surface area contributed by atoms with Crippen LogP contribution in [0.4, 0.5) is 8.78 Å². The maximum atomic E-state index is 13.1. The Balaban J connectivity index is 1.96. The lowest BCUT2D eigenvalue weighted by Crippen LogP contribution is -2.48. The Hall–Kier alpha value is -1.98. The zero-order chi connectivity index (χ0) is 15.4. The minimum atomic E-state index is -0.990. The third-order valence-electron chi connectivity index (χ3n) is 3.72. The zero-order valence-corrected chi connectivity index (χ0v) is 11.5. The summed E-state index contributed by atoms with van der Waals surface area (Å²) in [4.78, 5) is 24.7. The number of carboxylic acid groups (broad SMARTS) is 1. The maximum absolute atomic E-state index is 13.1. The monoisotopic (exact) mass is 297 g/mol. The molecular weight excluding hydrogens is 280 g/mol. The van der Waals surface area contributed by atoms with Crippen molar-refractivity contribution in [3.05, 3.63) is 35.4 Å². The highest BCUT2D eigenvalue weighted by Crippen LogP contribution is 2.19. The number of hydrogen-bond acceptors (Lipinski definition) is 2. The third-order valence-corrected chi connectivity index (χ3v) is 3.72. The molecule has 1 saturated heterocycles. The summed E-state index contributed by atoms with van der Waals surface area (Å²) in [7, 11) is 0. The van der Waals surface area contributed by atoms with E-state index in [9.17, 15) is 18.4 Å². The molecule has 0 saturated carbocycles. The number of likely N-dealkylation sites (tertiary alicyclic amines) is 1. The summed E-state index contributed by atoms with van der Waals surface area (Å²) in [5.74, 6) is -3.11. The molecule has 0 unspecified atom stereocenters. The van der Waals surface area contributed by atoms with E-state index in [2.05, 4.69) is 0 Å². The molecule has 0 radical (unpaired) electrons. The molecule has 2 rings (SSSR count). The first kappa shape index (κ1) is 15.4. The van der Waals surface area contributed by atoms with Crippen LogP contribution in [0.2, 0.25) is 0 Å². The molecule has 1 aliphatic heterocycles. The van der Waals surface area contributed by atoms with Gasteiger partial charge in [0.25, 0.3) is 0 Å². The second-order valence-electron chi connectivity index (χ2n) is 5.19. The van der Waals surface area contributed by atoms with Crippen LogP contribution in [0.3, 0.4) is 0 Å².